The van der Waals surface area contributed by atoms with E-state index in [0.29, 0.717) is 0 Å². The smallest absolute Gasteiger partial charge is 0.242 e. The summed E-state index contributed by atoms with van der Waals surface area (Å²) in [6.07, 6.45) is 0.419. The second kappa shape index (κ2) is 10.7. The van der Waals surface area contributed by atoms with Gasteiger partial charge in [-0.25, -0.2) is 0 Å². The lowest BCUT2D eigenvalue weighted by Gasteiger charge is -2.14. The number of rotatable bonds is 7. The molecule has 6 nitrogen and oxygen atoms in total. The van der Waals surface area contributed by atoms with Gasteiger partial charge in [-0.3, -0.25) is 19.3 Å². The third kappa shape index (κ3) is 5.92. The topological polar surface area (TPSA) is 78.5 Å². The molecule has 0 spiro atoms. The Hall–Kier alpha value is -1.08. The molecule has 0 radical (unpaired) electrons. The highest BCUT2D eigenvalue weighted by molar-refractivity contribution is 8.00. The van der Waals surface area contributed by atoms with E-state index in [1.54, 1.807) is 0 Å². The van der Waals surface area contributed by atoms with Crippen LogP contribution in [0.15, 0.2) is 0 Å². The Labute approximate surface area is 125 Å². The third-order valence-electron chi connectivity index (χ3n) is 2.71. The van der Waals surface area contributed by atoms with Crippen molar-refractivity contribution in [3.05, 3.63) is 0 Å². The Bertz CT molecular complexity index is 337. The van der Waals surface area contributed by atoms with Crippen LogP contribution < -0.4 is 10.6 Å². The zero-order valence-electron chi connectivity index (χ0n) is 12.7. The van der Waals surface area contributed by atoms with Crippen molar-refractivity contribution in [2.45, 2.75) is 31.9 Å². The number of carbonyl (C=O) groups excluding carboxylic acids is 3. The number of thioether (sulfide) groups is 1. The first-order valence-electron chi connectivity index (χ1n) is 6.91. The fourth-order valence-electron chi connectivity index (χ4n) is 1.66. The molecule has 0 aliphatic carbocycles. The third-order valence-corrected chi connectivity index (χ3v) is 3.93. The normalized spacial score (nSPS) is 17.8. The zero-order chi connectivity index (χ0) is 15.5. The first kappa shape index (κ1) is 18.9. The predicted molar refractivity (Wildman–Crippen MR) is 81.5 cm³/mol. The van der Waals surface area contributed by atoms with Gasteiger partial charge in [0.05, 0.1) is 5.25 Å². The van der Waals surface area contributed by atoms with Crippen LogP contribution in [0.4, 0.5) is 0 Å². The van der Waals surface area contributed by atoms with Crippen molar-refractivity contribution < 1.29 is 14.4 Å². The number of carbonyl (C=O) groups is 3. The van der Waals surface area contributed by atoms with E-state index in [-0.39, 0.29) is 42.4 Å². The molecule has 7 heteroatoms. The summed E-state index contributed by atoms with van der Waals surface area (Å²) in [7, 11) is 3.38. The number of hydrogen-bond donors (Lipinski definition) is 2. The van der Waals surface area contributed by atoms with Crippen molar-refractivity contribution in [1.82, 2.24) is 15.5 Å². The van der Waals surface area contributed by atoms with Crippen LogP contribution in [0.1, 0.15) is 26.7 Å². The van der Waals surface area contributed by atoms with Crippen LogP contribution in [0.5, 0.6) is 0 Å². The lowest BCUT2D eigenvalue weighted by atomic mass is 10.3. The average molecular weight is 303 g/mol. The number of imide groups is 1. The highest BCUT2D eigenvalue weighted by Gasteiger charge is 2.38. The summed E-state index contributed by atoms with van der Waals surface area (Å²) in [6.45, 7) is 4.99. The molecule has 1 aliphatic heterocycles. The van der Waals surface area contributed by atoms with Crippen molar-refractivity contribution in [2.75, 3.05) is 32.9 Å². The molecule has 1 rings (SSSR count). The molecular weight excluding hydrogens is 278 g/mol. The molecule has 2 N–H and O–H groups in total. The van der Waals surface area contributed by atoms with E-state index in [1.165, 1.54) is 23.7 Å². The van der Waals surface area contributed by atoms with Gasteiger partial charge in [0.25, 0.3) is 0 Å². The Kier molecular flexibility index (Phi) is 10.1. The van der Waals surface area contributed by atoms with Crippen molar-refractivity contribution in [3.8, 4) is 0 Å². The van der Waals surface area contributed by atoms with E-state index in [0.717, 1.165) is 12.3 Å². The summed E-state index contributed by atoms with van der Waals surface area (Å²) < 4.78 is 0. The number of hydrogen-bond acceptors (Lipinski definition) is 5. The molecule has 1 aliphatic rings. The second-order valence-electron chi connectivity index (χ2n) is 3.97. The van der Waals surface area contributed by atoms with Crippen LogP contribution in [-0.2, 0) is 14.4 Å². The zero-order valence-corrected chi connectivity index (χ0v) is 13.5. The Morgan fingerprint density at radius 2 is 2.00 bits per heavy atom. The minimum Gasteiger partial charge on any atom is -0.359 e. The van der Waals surface area contributed by atoms with Gasteiger partial charge in [0.15, 0.2) is 0 Å². The molecule has 1 atom stereocenters. The summed E-state index contributed by atoms with van der Waals surface area (Å²) in [5.41, 5.74) is 0. The molecule has 1 saturated heterocycles. The van der Waals surface area contributed by atoms with Crippen molar-refractivity contribution in [2.24, 2.45) is 0 Å². The van der Waals surface area contributed by atoms with Crippen molar-refractivity contribution >= 4 is 29.5 Å². The van der Waals surface area contributed by atoms with Crippen LogP contribution in [0.2, 0.25) is 0 Å². The molecule has 116 valence electrons. The summed E-state index contributed by atoms with van der Waals surface area (Å²) in [5.74, 6) is 0.293. The van der Waals surface area contributed by atoms with E-state index in [2.05, 4.69) is 10.6 Å². The van der Waals surface area contributed by atoms with Crippen LogP contribution in [0.3, 0.4) is 0 Å². The van der Waals surface area contributed by atoms with Crippen LogP contribution in [-0.4, -0.2) is 60.8 Å². The lowest BCUT2D eigenvalue weighted by molar-refractivity contribution is -0.138. The fraction of sp³-hybridized carbons (Fsp3) is 0.769. The Balaban J connectivity index is 0.00000172. The molecule has 0 bridgehead atoms. The number of likely N-dealkylation sites (tertiary alicyclic amines) is 1. The molecule has 0 saturated carbocycles. The van der Waals surface area contributed by atoms with Gasteiger partial charge in [-0.05, 0) is 7.05 Å². The molecule has 0 aromatic carbocycles. The molecular formula is C13H25N3O3S. The predicted octanol–water partition coefficient (Wildman–Crippen LogP) is 0.229. The van der Waals surface area contributed by atoms with Gasteiger partial charge in [0.1, 0.15) is 0 Å². The van der Waals surface area contributed by atoms with Crippen LogP contribution in [0.25, 0.3) is 0 Å². The molecule has 1 heterocycles. The average Bonchev–Trinajstić information content (AvgIpc) is 2.73. The van der Waals surface area contributed by atoms with Gasteiger partial charge in [-0.15, -0.1) is 11.8 Å². The van der Waals surface area contributed by atoms with E-state index in [1.807, 2.05) is 20.9 Å². The quantitative estimate of drug-likeness (QED) is 0.520. The van der Waals surface area contributed by atoms with Gasteiger partial charge in [-0.1, -0.05) is 13.8 Å². The van der Waals surface area contributed by atoms with Crippen LogP contribution >= 0.6 is 11.8 Å². The largest absolute Gasteiger partial charge is 0.359 e. The molecule has 0 aromatic rings. The number of amides is 3. The highest BCUT2D eigenvalue weighted by atomic mass is 32.2. The molecule has 20 heavy (non-hydrogen) atoms. The molecule has 1 fully saturated rings. The fourth-order valence-corrected chi connectivity index (χ4v) is 2.80. The van der Waals surface area contributed by atoms with E-state index in [4.69, 9.17) is 0 Å². The van der Waals surface area contributed by atoms with Gasteiger partial charge in [-0.2, -0.15) is 0 Å². The van der Waals surface area contributed by atoms with Gasteiger partial charge in [0.2, 0.25) is 17.7 Å². The standard InChI is InChI=1S/C11H19N3O3S.C2H6/c1-12-4-6-18-8-7-10(16)14(11(8)17)5-3-9(15)13-2;1-2/h8,12H,3-7H2,1-2H3,(H,13,15);1-2H3. The summed E-state index contributed by atoms with van der Waals surface area (Å²) in [6, 6.07) is 0. The Morgan fingerprint density at radius 3 is 2.55 bits per heavy atom. The maximum Gasteiger partial charge on any atom is 0.242 e. The first-order chi connectivity index (χ1) is 9.60. The number of nitrogens with zero attached hydrogens (tertiary/aromatic N) is 1. The summed E-state index contributed by atoms with van der Waals surface area (Å²) in [4.78, 5) is 35.9. The SMILES string of the molecule is CC.CNCCSC1CC(=O)N(CCC(=O)NC)C1=O. The summed E-state index contributed by atoms with van der Waals surface area (Å²) in [5, 5.41) is 5.18. The van der Waals surface area contributed by atoms with Crippen molar-refractivity contribution in [3.63, 3.8) is 0 Å². The van der Waals surface area contributed by atoms with E-state index in [9.17, 15) is 14.4 Å². The lowest BCUT2D eigenvalue weighted by Crippen LogP contribution is -2.35. The van der Waals surface area contributed by atoms with Gasteiger partial charge >= 0.3 is 0 Å². The monoisotopic (exact) mass is 303 g/mol. The second-order valence-corrected chi connectivity index (χ2v) is 5.28. The Morgan fingerprint density at radius 1 is 1.35 bits per heavy atom. The molecule has 1 unspecified atom stereocenters. The minimum absolute atomic E-state index is 0.162. The highest BCUT2D eigenvalue weighted by Crippen LogP contribution is 2.24. The first-order valence-corrected chi connectivity index (χ1v) is 7.96. The molecule has 0 aromatic heterocycles. The summed E-state index contributed by atoms with van der Waals surface area (Å²) >= 11 is 1.49. The number of nitrogens with one attached hydrogen (secondary N) is 2. The van der Waals surface area contributed by atoms with E-state index < -0.39 is 0 Å². The van der Waals surface area contributed by atoms with Crippen molar-refractivity contribution in [1.29, 1.82) is 0 Å². The van der Waals surface area contributed by atoms with Crippen LogP contribution in [0, 0.1) is 0 Å². The minimum atomic E-state index is -0.282. The maximum absolute atomic E-state index is 11.9. The van der Waals surface area contributed by atoms with E-state index >= 15 is 0 Å². The van der Waals surface area contributed by atoms with Gasteiger partial charge in [0, 0.05) is 38.7 Å². The maximum atomic E-state index is 11.9. The van der Waals surface area contributed by atoms with Gasteiger partial charge < -0.3 is 10.6 Å². The molecule has 3 amide bonds.